The topological polar surface area (TPSA) is 75.3 Å². The quantitative estimate of drug-likeness (QED) is 0.462. The van der Waals surface area contributed by atoms with Crippen LogP contribution in [0.3, 0.4) is 0 Å². The third-order valence-electron chi connectivity index (χ3n) is 2.65. The van der Waals surface area contributed by atoms with E-state index in [9.17, 15) is 22.4 Å². The molecule has 0 fully saturated rings. The van der Waals surface area contributed by atoms with E-state index in [4.69, 9.17) is 10.8 Å². The highest BCUT2D eigenvalue weighted by Crippen LogP contribution is 2.29. The van der Waals surface area contributed by atoms with Gasteiger partial charge in [0.25, 0.3) is 0 Å². The molecule has 0 radical (unpaired) electrons. The van der Waals surface area contributed by atoms with Crippen LogP contribution in [0.25, 0.3) is 0 Å². The molecule has 0 aromatic heterocycles. The van der Waals surface area contributed by atoms with Gasteiger partial charge in [-0.15, -0.1) is 0 Å². The number of halogens is 4. The first-order valence-corrected chi connectivity index (χ1v) is 5.54. The highest BCUT2D eigenvalue weighted by Gasteiger charge is 2.21. The second-order valence-corrected chi connectivity index (χ2v) is 4.08. The van der Waals surface area contributed by atoms with Crippen LogP contribution in [0.2, 0.25) is 0 Å². The van der Waals surface area contributed by atoms with Crippen LogP contribution in [0.1, 0.15) is 10.4 Å². The Morgan fingerprint density at radius 3 is 2.14 bits per heavy atom. The lowest BCUT2D eigenvalue weighted by molar-refractivity contribution is 0.0698. The first-order valence-electron chi connectivity index (χ1n) is 5.54. The Kier molecular flexibility index (Phi) is 3.70. The molecule has 4 N–H and O–H groups in total. The Morgan fingerprint density at radius 1 is 1.05 bits per heavy atom. The standard InChI is InChI=1S/C13H8F4N2O2/c14-7-4-8(15)11(17)12(10(7)16)19-9-2-1-5(18)3-6(9)13(20)21/h1-4,19H,18H2,(H,20,21). The molecule has 4 nitrogen and oxygen atoms in total. The number of carboxylic acids is 1. The van der Waals surface area contributed by atoms with Crippen LogP contribution in [0.5, 0.6) is 0 Å². The van der Waals surface area contributed by atoms with Gasteiger partial charge in [-0.25, -0.2) is 22.4 Å². The van der Waals surface area contributed by atoms with Crippen molar-refractivity contribution < 1.29 is 27.5 Å². The summed E-state index contributed by atoms with van der Waals surface area (Å²) in [6, 6.07) is 3.48. The molecule has 0 aliphatic rings. The van der Waals surface area contributed by atoms with Gasteiger partial charge in [-0.1, -0.05) is 0 Å². The largest absolute Gasteiger partial charge is 0.478 e. The molecule has 0 amide bonds. The molecular formula is C13H8F4N2O2. The van der Waals surface area contributed by atoms with Crippen molar-refractivity contribution in [1.29, 1.82) is 0 Å². The predicted molar refractivity (Wildman–Crippen MR) is 67.4 cm³/mol. The van der Waals surface area contributed by atoms with Crippen molar-refractivity contribution in [3.8, 4) is 0 Å². The summed E-state index contributed by atoms with van der Waals surface area (Å²) < 4.78 is 53.2. The molecule has 2 aromatic carbocycles. The summed E-state index contributed by atoms with van der Waals surface area (Å²) in [5, 5.41) is 11.0. The minimum absolute atomic E-state index is 0.0525. The van der Waals surface area contributed by atoms with Gasteiger partial charge in [0.15, 0.2) is 23.3 Å². The van der Waals surface area contributed by atoms with Crippen molar-refractivity contribution in [2.75, 3.05) is 11.1 Å². The fourth-order valence-electron chi connectivity index (χ4n) is 1.67. The first-order chi connectivity index (χ1) is 9.81. The Morgan fingerprint density at radius 2 is 1.62 bits per heavy atom. The summed E-state index contributed by atoms with van der Waals surface area (Å²) in [7, 11) is 0. The van der Waals surface area contributed by atoms with E-state index in [1.165, 1.54) is 6.07 Å². The van der Waals surface area contributed by atoms with Gasteiger partial charge in [0.05, 0.1) is 11.3 Å². The molecule has 2 aromatic rings. The zero-order valence-electron chi connectivity index (χ0n) is 10.3. The minimum Gasteiger partial charge on any atom is -0.478 e. The average molecular weight is 300 g/mol. The van der Waals surface area contributed by atoms with E-state index >= 15 is 0 Å². The van der Waals surface area contributed by atoms with Gasteiger partial charge in [-0.2, -0.15) is 0 Å². The van der Waals surface area contributed by atoms with Crippen LogP contribution in [0, 0.1) is 23.3 Å². The summed E-state index contributed by atoms with van der Waals surface area (Å²) in [5.74, 6) is -7.97. The maximum Gasteiger partial charge on any atom is 0.337 e. The van der Waals surface area contributed by atoms with Crippen LogP contribution in [-0.4, -0.2) is 11.1 Å². The van der Waals surface area contributed by atoms with E-state index < -0.39 is 40.5 Å². The van der Waals surface area contributed by atoms with Gasteiger partial charge in [0.1, 0.15) is 5.69 Å². The maximum atomic E-state index is 13.5. The normalized spacial score (nSPS) is 10.5. The number of nitrogens with one attached hydrogen (secondary N) is 1. The number of hydrogen-bond donors (Lipinski definition) is 3. The number of carbonyl (C=O) groups is 1. The van der Waals surface area contributed by atoms with Crippen molar-refractivity contribution in [2.24, 2.45) is 0 Å². The number of anilines is 3. The number of benzene rings is 2. The number of nitrogen functional groups attached to an aromatic ring is 1. The van der Waals surface area contributed by atoms with E-state index in [1.54, 1.807) is 0 Å². The van der Waals surface area contributed by atoms with Crippen LogP contribution >= 0.6 is 0 Å². The van der Waals surface area contributed by atoms with Crippen LogP contribution in [0.4, 0.5) is 34.6 Å². The third-order valence-corrected chi connectivity index (χ3v) is 2.65. The molecule has 0 atom stereocenters. The molecule has 0 spiro atoms. The predicted octanol–water partition coefficient (Wildman–Crippen LogP) is 3.27. The van der Waals surface area contributed by atoms with Gasteiger partial charge < -0.3 is 16.2 Å². The molecule has 21 heavy (non-hydrogen) atoms. The fourth-order valence-corrected chi connectivity index (χ4v) is 1.67. The van der Waals surface area contributed by atoms with Crippen LogP contribution in [0.15, 0.2) is 24.3 Å². The van der Waals surface area contributed by atoms with Crippen molar-refractivity contribution in [3.63, 3.8) is 0 Å². The maximum absolute atomic E-state index is 13.5. The molecule has 0 aliphatic carbocycles. The minimum atomic E-state index is -1.66. The molecule has 0 saturated carbocycles. The Hall–Kier alpha value is -2.77. The monoisotopic (exact) mass is 300 g/mol. The van der Waals surface area contributed by atoms with Crippen LogP contribution in [-0.2, 0) is 0 Å². The highest BCUT2D eigenvalue weighted by atomic mass is 19.2. The molecule has 0 bridgehead atoms. The smallest absolute Gasteiger partial charge is 0.337 e. The van der Waals surface area contributed by atoms with Gasteiger partial charge in [-0.05, 0) is 18.2 Å². The summed E-state index contributed by atoms with van der Waals surface area (Å²) in [4.78, 5) is 11.0. The van der Waals surface area contributed by atoms with Crippen LogP contribution < -0.4 is 11.1 Å². The lowest BCUT2D eigenvalue weighted by Gasteiger charge is -2.12. The fraction of sp³-hybridized carbons (Fsp3) is 0. The van der Waals surface area contributed by atoms with Gasteiger partial charge >= 0.3 is 5.97 Å². The molecular weight excluding hydrogens is 292 g/mol. The van der Waals surface area contributed by atoms with E-state index in [1.807, 2.05) is 5.32 Å². The molecule has 0 unspecified atom stereocenters. The van der Waals surface area contributed by atoms with Crippen molar-refractivity contribution in [2.45, 2.75) is 0 Å². The average Bonchev–Trinajstić information content (AvgIpc) is 2.42. The summed E-state index contributed by atoms with van der Waals surface area (Å²) >= 11 is 0. The van der Waals surface area contributed by atoms with Crippen molar-refractivity contribution in [3.05, 3.63) is 53.1 Å². The zero-order valence-corrected chi connectivity index (χ0v) is 10.3. The summed E-state index contributed by atoms with van der Waals surface area (Å²) in [6.07, 6.45) is 0. The third kappa shape index (κ3) is 2.73. The molecule has 0 aliphatic heterocycles. The van der Waals surface area contributed by atoms with E-state index in [0.29, 0.717) is 0 Å². The lowest BCUT2D eigenvalue weighted by Crippen LogP contribution is -2.07. The lowest BCUT2D eigenvalue weighted by atomic mass is 10.1. The van der Waals surface area contributed by atoms with Gasteiger partial charge in [0.2, 0.25) is 0 Å². The Labute approximate surface area is 115 Å². The second kappa shape index (κ2) is 5.31. The van der Waals surface area contributed by atoms with Crippen molar-refractivity contribution >= 4 is 23.0 Å². The number of rotatable bonds is 3. The van der Waals surface area contributed by atoms with Gasteiger partial charge in [0, 0.05) is 11.8 Å². The number of hydrogen-bond acceptors (Lipinski definition) is 3. The Bertz CT molecular complexity index is 708. The highest BCUT2D eigenvalue weighted by molar-refractivity contribution is 5.96. The molecule has 0 heterocycles. The van der Waals surface area contributed by atoms with E-state index in [0.717, 1.165) is 12.1 Å². The van der Waals surface area contributed by atoms with Gasteiger partial charge in [-0.3, -0.25) is 0 Å². The SMILES string of the molecule is Nc1ccc(Nc2c(F)c(F)cc(F)c2F)c(C(=O)O)c1. The Balaban J connectivity index is 2.56. The summed E-state index contributed by atoms with van der Waals surface area (Å²) in [6.45, 7) is 0. The molecule has 110 valence electrons. The van der Waals surface area contributed by atoms with E-state index in [2.05, 4.69) is 0 Å². The van der Waals surface area contributed by atoms with E-state index in [-0.39, 0.29) is 17.4 Å². The number of aromatic carboxylic acids is 1. The number of carboxylic acid groups (broad SMARTS) is 1. The summed E-state index contributed by atoms with van der Waals surface area (Å²) in [5.41, 5.74) is 3.71. The molecule has 0 saturated heterocycles. The first kappa shape index (κ1) is 14.6. The number of nitrogens with two attached hydrogens (primary N) is 1. The van der Waals surface area contributed by atoms with Crippen molar-refractivity contribution in [1.82, 2.24) is 0 Å². The zero-order chi connectivity index (χ0) is 15.7. The molecule has 8 heteroatoms. The second-order valence-electron chi connectivity index (χ2n) is 4.08. The molecule has 2 rings (SSSR count).